The summed E-state index contributed by atoms with van der Waals surface area (Å²) >= 11 is 0. The van der Waals surface area contributed by atoms with Crippen LogP contribution in [-0.4, -0.2) is 35.9 Å². The highest BCUT2D eigenvalue weighted by Crippen LogP contribution is 2.31. The molecule has 0 spiro atoms. The lowest BCUT2D eigenvalue weighted by molar-refractivity contribution is -0.137. The van der Waals surface area contributed by atoms with E-state index in [1.807, 2.05) is 0 Å². The van der Waals surface area contributed by atoms with Gasteiger partial charge in [-0.2, -0.15) is 18.3 Å². The van der Waals surface area contributed by atoms with Crippen LogP contribution < -0.4 is 5.32 Å². The molecule has 0 saturated carbocycles. The number of hydrogen-bond acceptors (Lipinski definition) is 5. The molecule has 0 radical (unpaired) electrons. The van der Waals surface area contributed by atoms with Gasteiger partial charge in [0.2, 0.25) is 5.91 Å². The first-order chi connectivity index (χ1) is 15.6. The number of amides is 1. The van der Waals surface area contributed by atoms with Crippen molar-refractivity contribution in [2.24, 2.45) is 0 Å². The minimum atomic E-state index is -4.49. The summed E-state index contributed by atoms with van der Waals surface area (Å²) in [5.74, 6) is -1.16. The van der Waals surface area contributed by atoms with Gasteiger partial charge < -0.3 is 5.32 Å². The number of tetrazole rings is 1. The van der Waals surface area contributed by atoms with Crippen molar-refractivity contribution in [3.05, 3.63) is 77.1 Å². The summed E-state index contributed by atoms with van der Waals surface area (Å²) in [7, 11) is 0. The molecule has 0 aliphatic carbocycles. The molecule has 12 heteroatoms. The van der Waals surface area contributed by atoms with Gasteiger partial charge in [0.05, 0.1) is 34.7 Å². The Hall–Kier alpha value is -4.09. The van der Waals surface area contributed by atoms with Gasteiger partial charge in [-0.1, -0.05) is 6.07 Å². The zero-order valence-corrected chi connectivity index (χ0v) is 17.4. The van der Waals surface area contributed by atoms with E-state index in [2.05, 4.69) is 25.9 Å². The SMILES string of the molecule is Cc1nn(-c2cccc(C(F)(F)F)c2)c(C)c1CC(=O)Nc1cc(-n2cnnn2)ccc1F. The van der Waals surface area contributed by atoms with Crippen molar-refractivity contribution in [2.45, 2.75) is 26.4 Å². The first-order valence-electron chi connectivity index (χ1n) is 9.69. The molecule has 0 fully saturated rings. The molecule has 0 aliphatic heterocycles. The van der Waals surface area contributed by atoms with E-state index in [1.165, 1.54) is 46.0 Å². The van der Waals surface area contributed by atoms with E-state index in [-0.39, 0.29) is 17.8 Å². The van der Waals surface area contributed by atoms with Crippen LogP contribution in [0.1, 0.15) is 22.5 Å². The fourth-order valence-corrected chi connectivity index (χ4v) is 3.38. The summed E-state index contributed by atoms with van der Waals surface area (Å²) in [4.78, 5) is 12.7. The molecular weight excluding hydrogens is 442 g/mol. The molecule has 4 aromatic rings. The maximum absolute atomic E-state index is 14.2. The normalized spacial score (nSPS) is 11.6. The molecule has 0 saturated heterocycles. The minimum Gasteiger partial charge on any atom is -0.323 e. The first kappa shape index (κ1) is 22.1. The molecule has 0 bridgehead atoms. The minimum absolute atomic E-state index is 0.0615. The van der Waals surface area contributed by atoms with Gasteiger partial charge in [0.15, 0.2) is 0 Å². The zero-order chi connectivity index (χ0) is 23.8. The van der Waals surface area contributed by atoms with Crippen molar-refractivity contribution in [2.75, 3.05) is 5.32 Å². The second-order valence-corrected chi connectivity index (χ2v) is 7.25. The van der Waals surface area contributed by atoms with E-state index in [1.54, 1.807) is 13.8 Å². The highest BCUT2D eigenvalue weighted by molar-refractivity contribution is 5.93. The van der Waals surface area contributed by atoms with Crippen molar-refractivity contribution in [1.29, 1.82) is 0 Å². The highest BCUT2D eigenvalue weighted by Gasteiger charge is 2.31. The van der Waals surface area contributed by atoms with Crippen molar-refractivity contribution in [3.8, 4) is 11.4 Å². The Morgan fingerprint density at radius 1 is 1.09 bits per heavy atom. The lowest BCUT2D eigenvalue weighted by Gasteiger charge is -2.11. The van der Waals surface area contributed by atoms with Crippen molar-refractivity contribution < 1.29 is 22.4 Å². The molecule has 0 aliphatic rings. The lowest BCUT2D eigenvalue weighted by atomic mass is 10.1. The van der Waals surface area contributed by atoms with Crippen LogP contribution in [0, 0.1) is 19.7 Å². The third kappa shape index (κ3) is 4.59. The zero-order valence-electron chi connectivity index (χ0n) is 17.4. The summed E-state index contributed by atoms with van der Waals surface area (Å²) in [6.07, 6.45) is -3.31. The maximum Gasteiger partial charge on any atom is 0.416 e. The summed E-state index contributed by atoms with van der Waals surface area (Å²) < 4.78 is 56.1. The second-order valence-electron chi connectivity index (χ2n) is 7.25. The molecule has 4 rings (SSSR count). The van der Waals surface area contributed by atoms with Gasteiger partial charge >= 0.3 is 6.18 Å². The number of rotatable bonds is 5. The summed E-state index contributed by atoms with van der Waals surface area (Å²) in [5.41, 5.74) is 1.31. The Labute approximate surface area is 184 Å². The second kappa shape index (κ2) is 8.45. The fourth-order valence-electron chi connectivity index (χ4n) is 3.38. The number of anilines is 1. The topological polar surface area (TPSA) is 90.5 Å². The predicted molar refractivity (Wildman–Crippen MR) is 109 cm³/mol. The van der Waals surface area contributed by atoms with Gasteiger partial charge in [0.1, 0.15) is 12.1 Å². The maximum atomic E-state index is 14.2. The number of hydrogen-bond donors (Lipinski definition) is 1. The van der Waals surface area contributed by atoms with Crippen molar-refractivity contribution in [1.82, 2.24) is 30.0 Å². The van der Waals surface area contributed by atoms with Crippen molar-refractivity contribution >= 4 is 11.6 Å². The molecule has 2 aromatic heterocycles. The van der Waals surface area contributed by atoms with Gasteiger partial charge in [0.25, 0.3) is 0 Å². The first-order valence-corrected chi connectivity index (χ1v) is 9.69. The van der Waals surface area contributed by atoms with Crippen LogP contribution in [0.2, 0.25) is 0 Å². The number of halogens is 4. The van der Waals surface area contributed by atoms with Crippen LogP contribution in [0.5, 0.6) is 0 Å². The number of nitrogens with one attached hydrogen (secondary N) is 1. The fraction of sp³-hybridized carbons (Fsp3) is 0.190. The number of carbonyl (C=O) groups excluding carboxylic acids is 1. The largest absolute Gasteiger partial charge is 0.416 e. The summed E-state index contributed by atoms with van der Waals surface area (Å²) in [6.45, 7) is 3.31. The monoisotopic (exact) mass is 459 g/mol. The lowest BCUT2D eigenvalue weighted by Crippen LogP contribution is -2.16. The molecular formula is C21H17F4N7O. The summed E-state index contributed by atoms with van der Waals surface area (Å²) in [5, 5.41) is 17.6. The van der Waals surface area contributed by atoms with E-state index >= 15 is 0 Å². The van der Waals surface area contributed by atoms with E-state index < -0.39 is 23.5 Å². The van der Waals surface area contributed by atoms with Crippen molar-refractivity contribution in [3.63, 3.8) is 0 Å². The average Bonchev–Trinajstić information content (AvgIpc) is 3.39. The number of aromatic nitrogens is 6. The van der Waals surface area contributed by atoms with Crippen LogP contribution in [0.4, 0.5) is 23.2 Å². The Balaban J connectivity index is 1.57. The van der Waals surface area contributed by atoms with Crippen LogP contribution in [0.3, 0.4) is 0 Å². The molecule has 170 valence electrons. The third-order valence-electron chi connectivity index (χ3n) is 5.03. The van der Waals surface area contributed by atoms with Crippen LogP contribution in [0.15, 0.2) is 48.8 Å². The van der Waals surface area contributed by atoms with Gasteiger partial charge in [-0.3, -0.25) is 4.79 Å². The molecule has 2 heterocycles. The van der Waals surface area contributed by atoms with E-state index in [9.17, 15) is 22.4 Å². The molecule has 0 unspecified atom stereocenters. The molecule has 1 N–H and O–H groups in total. The van der Waals surface area contributed by atoms with Crippen LogP contribution in [0.25, 0.3) is 11.4 Å². The van der Waals surface area contributed by atoms with Gasteiger partial charge in [-0.05, 0) is 60.7 Å². The number of aryl methyl sites for hydroxylation is 1. The average molecular weight is 459 g/mol. The Morgan fingerprint density at radius 3 is 2.58 bits per heavy atom. The van der Waals surface area contributed by atoms with Crippen LogP contribution in [-0.2, 0) is 17.4 Å². The van der Waals surface area contributed by atoms with Gasteiger partial charge in [-0.15, -0.1) is 5.10 Å². The summed E-state index contributed by atoms with van der Waals surface area (Å²) in [6, 6.07) is 8.77. The Morgan fingerprint density at radius 2 is 1.88 bits per heavy atom. The molecule has 8 nitrogen and oxygen atoms in total. The third-order valence-corrected chi connectivity index (χ3v) is 5.03. The van der Waals surface area contributed by atoms with Crippen LogP contribution >= 0.6 is 0 Å². The van der Waals surface area contributed by atoms with Gasteiger partial charge in [-0.25, -0.2) is 13.8 Å². The number of benzene rings is 2. The smallest absolute Gasteiger partial charge is 0.323 e. The predicted octanol–water partition coefficient (Wildman–Crippen LogP) is 3.80. The number of alkyl halides is 3. The van der Waals surface area contributed by atoms with E-state index in [4.69, 9.17) is 0 Å². The molecule has 33 heavy (non-hydrogen) atoms. The Bertz CT molecular complexity index is 1310. The number of carbonyl (C=O) groups is 1. The Kier molecular flexibility index (Phi) is 5.66. The quantitative estimate of drug-likeness (QED) is 0.459. The molecule has 2 aromatic carbocycles. The van der Waals surface area contributed by atoms with E-state index in [0.717, 1.165) is 12.1 Å². The standard InChI is InChI=1S/C21H17F4N7O/c1-12-17(13(2)32(28-12)16-5-3-4-14(8-16)21(23,24)25)10-20(33)27-19-9-15(6-7-18(19)22)31-11-26-29-30-31/h3-9,11H,10H2,1-2H3,(H,27,33). The van der Waals surface area contributed by atoms with Gasteiger partial charge in [0, 0.05) is 11.3 Å². The molecule has 1 amide bonds. The van der Waals surface area contributed by atoms with E-state index in [0.29, 0.717) is 22.6 Å². The number of nitrogens with zero attached hydrogens (tertiary/aromatic N) is 6. The highest BCUT2D eigenvalue weighted by atomic mass is 19.4. The molecule has 0 atom stereocenters.